The number of nitrogens with zero attached hydrogens (tertiary/aromatic N) is 1. The molecule has 0 atom stereocenters. The van der Waals surface area contributed by atoms with Crippen molar-refractivity contribution in [1.29, 1.82) is 5.26 Å². The molecule has 1 N–H and O–H groups in total. The van der Waals surface area contributed by atoms with Crippen molar-refractivity contribution in [3.05, 3.63) is 101 Å². The molecular weight excluding hydrogens is 376 g/mol. The quantitative estimate of drug-likeness (QED) is 0.448. The van der Waals surface area contributed by atoms with Crippen LogP contribution in [0.5, 0.6) is 11.5 Å². The van der Waals surface area contributed by atoms with Gasteiger partial charge in [-0.1, -0.05) is 54.6 Å². The van der Waals surface area contributed by atoms with E-state index in [1.54, 1.807) is 13.2 Å². The number of hydrogen-bond donors (Lipinski definition) is 1. The molecule has 0 saturated heterocycles. The van der Waals surface area contributed by atoms with Gasteiger partial charge in [-0.2, -0.15) is 5.26 Å². The first-order valence-corrected chi connectivity index (χ1v) is 9.47. The lowest BCUT2D eigenvalue weighted by atomic mass is 10.1. The standard InChI is InChI=1S/C25H22N2O3/c1-29-23-11-9-20(10-12-23)17-27-25(28)22(16-26)15-19-7-13-24(14-8-19)30-18-21-5-3-2-4-6-21/h2-15H,17-18H2,1H3,(H,27,28)/b22-15-. The minimum absolute atomic E-state index is 0.0430. The van der Waals surface area contributed by atoms with Crippen LogP contribution in [0.15, 0.2) is 84.4 Å². The Kier molecular flexibility index (Phi) is 7.23. The molecule has 3 aromatic carbocycles. The Balaban J connectivity index is 1.57. The van der Waals surface area contributed by atoms with Crippen molar-refractivity contribution in [2.75, 3.05) is 7.11 Å². The highest BCUT2D eigenvalue weighted by atomic mass is 16.5. The van der Waals surface area contributed by atoms with Gasteiger partial charge < -0.3 is 14.8 Å². The highest BCUT2D eigenvalue weighted by Gasteiger charge is 2.09. The lowest BCUT2D eigenvalue weighted by molar-refractivity contribution is -0.117. The molecule has 3 aromatic rings. The number of carbonyl (C=O) groups is 1. The van der Waals surface area contributed by atoms with Gasteiger partial charge in [0, 0.05) is 6.54 Å². The van der Waals surface area contributed by atoms with E-state index in [0.29, 0.717) is 13.2 Å². The van der Waals surface area contributed by atoms with E-state index in [2.05, 4.69) is 5.32 Å². The predicted molar refractivity (Wildman–Crippen MR) is 116 cm³/mol. The number of rotatable bonds is 8. The molecule has 1 amide bonds. The summed E-state index contributed by atoms with van der Waals surface area (Å²) in [6.07, 6.45) is 1.56. The molecule has 0 radical (unpaired) electrons. The molecule has 3 rings (SSSR count). The molecule has 5 heteroatoms. The molecule has 0 saturated carbocycles. The van der Waals surface area contributed by atoms with Crippen molar-refractivity contribution in [3.63, 3.8) is 0 Å². The summed E-state index contributed by atoms with van der Waals surface area (Å²) < 4.78 is 10.9. The maximum absolute atomic E-state index is 12.4. The first kappa shape index (κ1) is 20.7. The zero-order chi connectivity index (χ0) is 21.2. The molecule has 150 valence electrons. The first-order valence-electron chi connectivity index (χ1n) is 9.47. The van der Waals surface area contributed by atoms with E-state index in [1.165, 1.54) is 0 Å². The third kappa shape index (κ3) is 5.98. The van der Waals surface area contributed by atoms with Gasteiger partial charge in [0.25, 0.3) is 5.91 Å². The molecule has 0 aliphatic rings. The molecule has 0 aromatic heterocycles. The van der Waals surface area contributed by atoms with Crippen LogP contribution in [-0.4, -0.2) is 13.0 Å². The number of ether oxygens (including phenoxy) is 2. The largest absolute Gasteiger partial charge is 0.497 e. The van der Waals surface area contributed by atoms with Crippen LogP contribution < -0.4 is 14.8 Å². The van der Waals surface area contributed by atoms with Gasteiger partial charge >= 0.3 is 0 Å². The third-order valence-electron chi connectivity index (χ3n) is 4.42. The van der Waals surface area contributed by atoms with Crippen LogP contribution in [0.2, 0.25) is 0 Å². The van der Waals surface area contributed by atoms with E-state index in [0.717, 1.165) is 28.2 Å². The van der Waals surface area contributed by atoms with Gasteiger partial charge in [-0.15, -0.1) is 0 Å². The number of nitriles is 1. The van der Waals surface area contributed by atoms with E-state index >= 15 is 0 Å². The molecule has 0 fully saturated rings. The van der Waals surface area contributed by atoms with Crippen LogP contribution >= 0.6 is 0 Å². The minimum Gasteiger partial charge on any atom is -0.497 e. The lowest BCUT2D eigenvalue weighted by Gasteiger charge is -2.07. The number of amides is 1. The third-order valence-corrected chi connectivity index (χ3v) is 4.42. The fourth-order valence-corrected chi connectivity index (χ4v) is 2.74. The van der Waals surface area contributed by atoms with Crippen LogP contribution in [0.4, 0.5) is 0 Å². The number of hydrogen-bond acceptors (Lipinski definition) is 4. The van der Waals surface area contributed by atoms with Gasteiger partial charge in [-0.3, -0.25) is 4.79 Å². The fraction of sp³-hybridized carbons (Fsp3) is 0.120. The second-order valence-corrected chi connectivity index (χ2v) is 6.54. The normalized spacial score (nSPS) is 10.7. The fourth-order valence-electron chi connectivity index (χ4n) is 2.74. The Morgan fingerprint density at radius 3 is 2.23 bits per heavy atom. The Labute approximate surface area is 176 Å². The lowest BCUT2D eigenvalue weighted by Crippen LogP contribution is -2.23. The Hall–Kier alpha value is -4.04. The smallest absolute Gasteiger partial charge is 0.262 e. The zero-order valence-electron chi connectivity index (χ0n) is 16.7. The molecule has 0 heterocycles. The predicted octanol–water partition coefficient (Wildman–Crippen LogP) is 4.50. The van der Waals surface area contributed by atoms with Crippen LogP contribution in [-0.2, 0) is 17.9 Å². The summed E-state index contributed by atoms with van der Waals surface area (Å²) >= 11 is 0. The van der Waals surface area contributed by atoms with Crippen LogP contribution in [0.1, 0.15) is 16.7 Å². The molecule has 0 aliphatic heterocycles. The van der Waals surface area contributed by atoms with Gasteiger partial charge in [0.2, 0.25) is 0 Å². The first-order chi connectivity index (χ1) is 14.7. The van der Waals surface area contributed by atoms with Gasteiger partial charge in [-0.05, 0) is 47.0 Å². The number of methoxy groups -OCH3 is 1. The van der Waals surface area contributed by atoms with Crippen LogP contribution in [0.3, 0.4) is 0 Å². The van der Waals surface area contributed by atoms with Crippen molar-refractivity contribution >= 4 is 12.0 Å². The maximum atomic E-state index is 12.4. The van der Waals surface area contributed by atoms with Crippen molar-refractivity contribution in [2.45, 2.75) is 13.2 Å². The van der Waals surface area contributed by atoms with Crippen molar-refractivity contribution in [1.82, 2.24) is 5.32 Å². The Bertz CT molecular complexity index is 1030. The van der Waals surface area contributed by atoms with E-state index in [1.807, 2.05) is 84.9 Å². The van der Waals surface area contributed by atoms with Crippen molar-refractivity contribution in [2.24, 2.45) is 0 Å². The summed E-state index contributed by atoms with van der Waals surface area (Å²) in [6, 6.07) is 26.5. The number of nitrogens with one attached hydrogen (secondary N) is 1. The average molecular weight is 398 g/mol. The van der Waals surface area contributed by atoms with Gasteiger partial charge in [0.15, 0.2) is 0 Å². The van der Waals surface area contributed by atoms with Gasteiger partial charge in [-0.25, -0.2) is 0 Å². The summed E-state index contributed by atoms with van der Waals surface area (Å²) in [5.74, 6) is 1.05. The van der Waals surface area contributed by atoms with Crippen LogP contribution in [0.25, 0.3) is 6.08 Å². The second-order valence-electron chi connectivity index (χ2n) is 6.54. The maximum Gasteiger partial charge on any atom is 0.262 e. The molecule has 30 heavy (non-hydrogen) atoms. The Morgan fingerprint density at radius 2 is 1.60 bits per heavy atom. The number of carbonyl (C=O) groups excluding carboxylic acids is 1. The zero-order valence-corrected chi connectivity index (χ0v) is 16.7. The van der Waals surface area contributed by atoms with Crippen LogP contribution in [0, 0.1) is 11.3 Å². The average Bonchev–Trinajstić information content (AvgIpc) is 2.81. The number of benzene rings is 3. The highest BCUT2D eigenvalue weighted by molar-refractivity contribution is 6.01. The summed E-state index contributed by atoms with van der Waals surface area (Å²) in [6.45, 7) is 0.807. The topological polar surface area (TPSA) is 71.3 Å². The minimum atomic E-state index is -0.419. The molecule has 0 bridgehead atoms. The molecule has 0 aliphatic carbocycles. The van der Waals surface area contributed by atoms with E-state index in [9.17, 15) is 10.1 Å². The summed E-state index contributed by atoms with van der Waals surface area (Å²) in [5, 5.41) is 12.1. The highest BCUT2D eigenvalue weighted by Crippen LogP contribution is 2.16. The second kappa shape index (κ2) is 10.5. The monoisotopic (exact) mass is 398 g/mol. The summed E-state index contributed by atoms with van der Waals surface area (Å²) in [4.78, 5) is 12.4. The molecular formula is C25H22N2O3. The van der Waals surface area contributed by atoms with Crippen molar-refractivity contribution < 1.29 is 14.3 Å². The summed E-state index contributed by atoms with van der Waals surface area (Å²) in [7, 11) is 1.60. The molecule has 5 nitrogen and oxygen atoms in total. The van der Waals surface area contributed by atoms with Crippen molar-refractivity contribution in [3.8, 4) is 17.6 Å². The molecule has 0 unspecified atom stereocenters. The van der Waals surface area contributed by atoms with Gasteiger partial charge in [0.1, 0.15) is 29.7 Å². The van der Waals surface area contributed by atoms with Gasteiger partial charge in [0.05, 0.1) is 7.11 Å². The Morgan fingerprint density at radius 1 is 0.933 bits per heavy atom. The van der Waals surface area contributed by atoms with E-state index < -0.39 is 5.91 Å². The molecule has 0 spiro atoms. The summed E-state index contributed by atoms with van der Waals surface area (Å²) in [5.41, 5.74) is 2.79. The SMILES string of the molecule is COc1ccc(CNC(=O)/C(C#N)=C\c2ccc(OCc3ccccc3)cc2)cc1. The van der Waals surface area contributed by atoms with E-state index in [4.69, 9.17) is 9.47 Å². The van der Waals surface area contributed by atoms with E-state index in [-0.39, 0.29) is 5.57 Å².